The van der Waals surface area contributed by atoms with Gasteiger partial charge in [0.1, 0.15) is 5.25 Å². The molecule has 5 nitrogen and oxygen atoms in total. The van der Waals surface area contributed by atoms with Crippen molar-refractivity contribution in [3.63, 3.8) is 0 Å². The summed E-state index contributed by atoms with van der Waals surface area (Å²) in [5, 5.41) is 10.2. The minimum Gasteiger partial charge on any atom is -0.468 e. The highest BCUT2D eigenvalue weighted by Crippen LogP contribution is 2.26. The lowest BCUT2D eigenvalue weighted by atomic mass is 10.3. The molecule has 0 spiro atoms. The zero-order valence-electron chi connectivity index (χ0n) is 8.88. The lowest BCUT2D eigenvalue weighted by Gasteiger charge is -2.08. The minimum absolute atomic E-state index is 0.0158. The summed E-state index contributed by atoms with van der Waals surface area (Å²) in [4.78, 5) is 21.9. The number of thioether (sulfide) groups is 1. The first-order valence-electron chi connectivity index (χ1n) is 4.53. The van der Waals surface area contributed by atoms with Crippen LogP contribution in [0.15, 0.2) is 29.2 Å². The fourth-order valence-electron chi connectivity index (χ4n) is 1.09. The lowest BCUT2D eigenvalue weighted by Crippen LogP contribution is -2.14. The number of nitrogens with zero attached hydrogens (tertiary/aromatic N) is 1. The molecule has 1 aromatic carbocycles. The molecule has 1 aromatic rings. The van der Waals surface area contributed by atoms with E-state index in [0.29, 0.717) is 4.90 Å². The molecule has 86 valence electrons. The van der Waals surface area contributed by atoms with E-state index in [0.717, 1.165) is 0 Å². The van der Waals surface area contributed by atoms with Gasteiger partial charge in [0.15, 0.2) is 0 Å². The molecule has 0 saturated heterocycles. The van der Waals surface area contributed by atoms with E-state index in [-0.39, 0.29) is 16.9 Å². The first-order chi connectivity index (χ1) is 7.54. The molecule has 6 heteroatoms. The van der Waals surface area contributed by atoms with Gasteiger partial charge in [0.2, 0.25) is 0 Å². The second kappa shape index (κ2) is 5.50. The molecule has 1 rings (SSSR count). The molecule has 0 fully saturated rings. The molecule has 0 saturated carbocycles. The molecule has 0 N–H and O–H groups in total. The number of nitro benzene ring substituents is 1. The summed E-state index contributed by atoms with van der Waals surface area (Å²) in [6, 6.07) is 6.15. The van der Waals surface area contributed by atoms with E-state index in [9.17, 15) is 14.9 Å². The summed E-state index contributed by atoms with van der Waals surface area (Å²) in [7, 11) is 1.31. The maximum absolute atomic E-state index is 11.2. The van der Waals surface area contributed by atoms with Gasteiger partial charge in [-0.25, -0.2) is 0 Å². The van der Waals surface area contributed by atoms with Gasteiger partial charge < -0.3 is 4.74 Å². The third-order valence-electron chi connectivity index (χ3n) is 1.87. The Labute approximate surface area is 96.9 Å². The first kappa shape index (κ1) is 12.5. The highest BCUT2D eigenvalue weighted by atomic mass is 32.2. The molecular weight excluding hydrogens is 230 g/mol. The van der Waals surface area contributed by atoms with E-state index in [4.69, 9.17) is 0 Å². The third kappa shape index (κ3) is 3.23. The van der Waals surface area contributed by atoms with Crippen LogP contribution in [-0.2, 0) is 9.53 Å². The summed E-state index contributed by atoms with van der Waals surface area (Å²) < 4.78 is 4.57. The maximum Gasteiger partial charge on any atom is 0.318 e. The van der Waals surface area contributed by atoms with E-state index < -0.39 is 4.92 Å². The van der Waals surface area contributed by atoms with E-state index >= 15 is 0 Å². The van der Waals surface area contributed by atoms with Crippen LogP contribution in [0.3, 0.4) is 0 Å². The van der Waals surface area contributed by atoms with Crippen molar-refractivity contribution in [2.24, 2.45) is 0 Å². The lowest BCUT2D eigenvalue weighted by molar-refractivity contribution is -0.385. The van der Waals surface area contributed by atoms with Crippen molar-refractivity contribution < 1.29 is 14.5 Å². The predicted octanol–water partition coefficient (Wildman–Crippen LogP) is 2.25. The Hall–Kier alpha value is -1.56. The standard InChI is InChI=1S/C10H11NO4S/c1-7(10(12)15-2)16-9-5-3-4-8(6-9)11(13)14/h3-7H,1-2H3. The molecule has 0 aliphatic heterocycles. The molecule has 0 amide bonds. The van der Waals surface area contributed by atoms with Gasteiger partial charge in [0, 0.05) is 17.0 Å². The van der Waals surface area contributed by atoms with Gasteiger partial charge in [-0.3, -0.25) is 14.9 Å². The molecule has 1 atom stereocenters. The Kier molecular flexibility index (Phi) is 4.30. The Morgan fingerprint density at radius 1 is 1.56 bits per heavy atom. The quantitative estimate of drug-likeness (QED) is 0.350. The highest BCUT2D eigenvalue weighted by Gasteiger charge is 2.15. The number of benzene rings is 1. The van der Waals surface area contributed by atoms with Crippen LogP contribution in [0.2, 0.25) is 0 Å². The molecule has 0 radical (unpaired) electrons. The van der Waals surface area contributed by atoms with Gasteiger partial charge in [-0.2, -0.15) is 0 Å². The molecule has 0 heterocycles. The van der Waals surface area contributed by atoms with E-state index in [1.54, 1.807) is 19.1 Å². The Morgan fingerprint density at radius 3 is 2.81 bits per heavy atom. The van der Waals surface area contributed by atoms with Crippen LogP contribution >= 0.6 is 11.8 Å². The van der Waals surface area contributed by atoms with Crippen LogP contribution in [0.1, 0.15) is 6.92 Å². The number of nitro groups is 1. The van der Waals surface area contributed by atoms with Gasteiger partial charge in [-0.15, -0.1) is 11.8 Å². The van der Waals surface area contributed by atoms with E-state index in [1.807, 2.05) is 0 Å². The maximum atomic E-state index is 11.2. The van der Waals surface area contributed by atoms with Crippen molar-refractivity contribution in [3.8, 4) is 0 Å². The molecule has 1 unspecified atom stereocenters. The summed E-state index contributed by atoms with van der Waals surface area (Å²) in [6.07, 6.45) is 0. The van der Waals surface area contributed by atoms with Crippen molar-refractivity contribution in [3.05, 3.63) is 34.4 Å². The molecule has 16 heavy (non-hydrogen) atoms. The van der Waals surface area contributed by atoms with Gasteiger partial charge in [-0.1, -0.05) is 6.07 Å². The van der Waals surface area contributed by atoms with Gasteiger partial charge in [0.05, 0.1) is 12.0 Å². The van der Waals surface area contributed by atoms with Gasteiger partial charge in [0.25, 0.3) is 5.69 Å². The number of carbonyl (C=O) groups is 1. The number of non-ortho nitro benzene ring substituents is 1. The normalized spacial score (nSPS) is 11.9. The monoisotopic (exact) mass is 241 g/mol. The second-order valence-corrected chi connectivity index (χ2v) is 4.45. The van der Waals surface area contributed by atoms with Crippen LogP contribution in [0.5, 0.6) is 0 Å². The number of ether oxygens (including phenoxy) is 1. The Balaban J connectivity index is 2.78. The van der Waals surface area contributed by atoms with Crippen molar-refractivity contribution in [2.75, 3.05) is 7.11 Å². The number of hydrogen-bond donors (Lipinski definition) is 0. The number of hydrogen-bond acceptors (Lipinski definition) is 5. The minimum atomic E-state index is -0.465. The fraction of sp³-hybridized carbons (Fsp3) is 0.300. The van der Waals surface area contributed by atoms with Crippen LogP contribution < -0.4 is 0 Å². The highest BCUT2D eigenvalue weighted by molar-refractivity contribution is 8.00. The smallest absolute Gasteiger partial charge is 0.318 e. The average Bonchev–Trinajstić information content (AvgIpc) is 2.28. The number of methoxy groups -OCH3 is 1. The van der Waals surface area contributed by atoms with Crippen molar-refractivity contribution >= 4 is 23.4 Å². The van der Waals surface area contributed by atoms with E-state index in [1.165, 1.54) is 31.0 Å². The fourth-order valence-corrected chi connectivity index (χ4v) is 2.04. The van der Waals surface area contributed by atoms with Crippen LogP contribution in [0, 0.1) is 10.1 Å². The largest absolute Gasteiger partial charge is 0.468 e. The van der Waals surface area contributed by atoms with Crippen molar-refractivity contribution in [1.82, 2.24) is 0 Å². The van der Waals surface area contributed by atoms with Crippen molar-refractivity contribution in [2.45, 2.75) is 17.1 Å². The van der Waals surface area contributed by atoms with Crippen LogP contribution in [0.4, 0.5) is 5.69 Å². The SMILES string of the molecule is COC(=O)C(C)Sc1cccc([N+](=O)[O-])c1. The average molecular weight is 241 g/mol. The number of rotatable bonds is 4. The van der Waals surface area contributed by atoms with E-state index in [2.05, 4.69) is 4.74 Å². The molecule has 0 bridgehead atoms. The summed E-state index contributed by atoms with van der Waals surface area (Å²) >= 11 is 1.23. The summed E-state index contributed by atoms with van der Waals surface area (Å²) in [6.45, 7) is 1.69. The zero-order valence-corrected chi connectivity index (χ0v) is 9.69. The Morgan fingerprint density at radius 2 is 2.25 bits per heavy atom. The third-order valence-corrected chi connectivity index (χ3v) is 2.95. The topological polar surface area (TPSA) is 69.4 Å². The molecule has 0 aromatic heterocycles. The summed E-state index contributed by atoms with van der Waals surface area (Å²) in [5.74, 6) is -0.350. The van der Waals surface area contributed by atoms with Crippen LogP contribution in [-0.4, -0.2) is 23.3 Å². The Bertz CT molecular complexity index is 408. The molecule has 0 aliphatic rings. The second-order valence-electron chi connectivity index (χ2n) is 3.04. The summed E-state index contributed by atoms with van der Waals surface area (Å²) in [5.41, 5.74) is 0.0158. The molecule has 0 aliphatic carbocycles. The first-order valence-corrected chi connectivity index (χ1v) is 5.41. The van der Waals surface area contributed by atoms with Crippen molar-refractivity contribution in [1.29, 1.82) is 0 Å². The van der Waals surface area contributed by atoms with Crippen LogP contribution in [0.25, 0.3) is 0 Å². The van der Waals surface area contributed by atoms with Gasteiger partial charge in [-0.05, 0) is 13.0 Å². The number of carbonyl (C=O) groups excluding carboxylic acids is 1. The van der Waals surface area contributed by atoms with Gasteiger partial charge >= 0.3 is 5.97 Å². The zero-order chi connectivity index (χ0) is 12.1. The predicted molar refractivity (Wildman–Crippen MR) is 60.4 cm³/mol. The number of esters is 1. The molecular formula is C10H11NO4S.